The number of hydrogen-bond donors (Lipinski definition) is 2. The van der Waals surface area contributed by atoms with E-state index in [9.17, 15) is 18.0 Å². The van der Waals surface area contributed by atoms with Crippen LogP contribution in [0, 0.1) is 0 Å². The third-order valence-corrected chi connectivity index (χ3v) is 5.34. The number of nitrogens with one attached hydrogen (secondary N) is 2. The van der Waals surface area contributed by atoms with Gasteiger partial charge in [-0.05, 0) is 18.9 Å². The molecule has 0 spiro atoms. The van der Waals surface area contributed by atoms with Gasteiger partial charge >= 0.3 is 6.18 Å². The van der Waals surface area contributed by atoms with Gasteiger partial charge in [-0.1, -0.05) is 13.8 Å². The van der Waals surface area contributed by atoms with E-state index in [2.05, 4.69) is 15.7 Å². The number of carbonyl (C=O) groups is 1. The Morgan fingerprint density at radius 1 is 1.38 bits per heavy atom. The average Bonchev–Trinajstić information content (AvgIpc) is 3.01. The highest BCUT2D eigenvalue weighted by molar-refractivity contribution is 7.20. The predicted octanol–water partition coefficient (Wildman–Crippen LogP) is 2.91. The molecule has 2 aromatic heterocycles. The molecule has 1 amide bonds. The quantitative estimate of drug-likeness (QED) is 0.881. The van der Waals surface area contributed by atoms with Gasteiger partial charge in [0.1, 0.15) is 4.83 Å². The van der Waals surface area contributed by atoms with E-state index in [1.165, 1.54) is 17.8 Å². The van der Waals surface area contributed by atoms with Gasteiger partial charge in [0.15, 0.2) is 5.69 Å². The predicted molar refractivity (Wildman–Crippen MR) is 86.1 cm³/mol. The Bertz CT molecular complexity index is 765. The van der Waals surface area contributed by atoms with Crippen molar-refractivity contribution in [1.29, 1.82) is 0 Å². The lowest BCUT2D eigenvalue weighted by atomic mass is 9.86. The van der Waals surface area contributed by atoms with Crippen LogP contribution in [-0.4, -0.2) is 33.8 Å². The summed E-state index contributed by atoms with van der Waals surface area (Å²) >= 11 is 1.03. The summed E-state index contributed by atoms with van der Waals surface area (Å²) in [5, 5.41) is 9.78. The van der Waals surface area contributed by atoms with Crippen LogP contribution < -0.4 is 10.6 Å². The molecule has 1 saturated carbocycles. The molecular weight excluding hydrogens is 341 g/mol. The fourth-order valence-electron chi connectivity index (χ4n) is 2.90. The van der Waals surface area contributed by atoms with Gasteiger partial charge in [0, 0.05) is 30.6 Å². The van der Waals surface area contributed by atoms with Crippen LogP contribution in [0.15, 0.2) is 6.07 Å². The van der Waals surface area contributed by atoms with Crippen LogP contribution in [0.25, 0.3) is 10.2 Å². The minimum Gasteiger partial charge on any atom is -0.347 e. The Kier molecular flexibility index (Phi) is 4.33. The number of hydrogen-bond acceptors (Lipinski definition) is 4. The van der Waals surface area contributed by atoms with E-state index in [1.807, 2.05) is 13.8 Å². The van der Waals surface area contributed by atoms with Gasteiger partial charge in [-0.3, -0.25) is 9.48 Å². The molecule has 0 aromatic carbocycles. The van der Waals surface area contributed by atoms with Crippen LogP contribution in [-0.2, 0) is 13.2 Å². The highest BCUT2D eigenvalue weighted by atomic mass is 32.1. The van der Waals surface area contributed by atoms with Crippen molar-refractivity contribution in [1.82, 2.24) is 20.4 Å². The number of rotatable bonds is 4. The standard InChI is InChI=1S/C15H19F3N4OS/c1-7(2)19-9-4-5-10(9)20-13(23)11-6-8-12(15(16,17)18)21-22(3)14(8)24-11/h6-7,9-10,19H,4-5H2,1-3H3,(H,20,23)/t9-,10+/m1/s1. The lowest BCUT2D eigenvalue weighted by Crippen LogP contribution is -2.58. The van der Waals surface area contributed by atoms with Gasteiger partial charge in [0.05, 0.1) is 4.88 Å². The normalized spacial score (nSPS) is 21.3. The van der Waals surface area contributed by atoms with Crippen LogP contribution >= 0.6 is 11.3 Å². The SMILES string of the molecule is CC(C)N[C@@H]1CC[C@@H]1NC(=O)c1cc2c(C(F)(F)F)nn(C)c2s1. The summed E-state index contributed by atoms with van der Waals surface area (Å²) in [7, 11) is 1.45. The molecule has 1 aliphatic rings. The molecule has 3 rings (SSSR count). The second kappa shape index (κ2) is 6.03. The van der Waals surface area contributed by atoms with E-state index in [1.54, 1.807) is 0 Å². The molecule has 0 radical (unpaired) electrons. The molecule has 2 heterocycles. The second-order valence-electron chi connectivity index (χ2n) is 6.38. The zero-order chi connectivity index (χ0) is 17.6. The summed E-state index contributed by atoms with van der Waals surface area (Å²) < 4.78 is 40.2. The number of nitrogens with zero attached hydrogens (tertiary/aromatic N) is 2. The van der Waals surface area contributed by atoms with E-state index in [0.29, 0.717) is 10.9 Å². The molecule has 2 atom stereocenters. The Labute approximate surface area is 141 Å². The fourth-order valence-corrected chi connectivity index (χ4v) is 3.88. The van der Waals surface area contributed by atoms with Crippen molar-refractivity contribution in [3.63, 3.8) is 0 Å². The van der Waals surface area contributed by atoms with E-state index in [4.69, 9.17) is 0 Å². The summed E-state index contributed by atoms with van der Waals surface area (Å²) in [4.78, 5) is 13.0. The molecular formula is C15H19F3N4OS. The summed E-state index contributed by atoms with van der Waals surface area (Å²) in [6.45, 7) is 4.07. The zero-order valence-electron chi connectivity index (χ0n) is 13.6. The number of fused-ring (bicyclic) bond motifs is 1. The maximum Gasteiger partial charge on any atom is 0.435 e. The number of aromatic nitrogens is 2. The molecule has 2 aromatic rings. The molecule has 9 heteroatoms. The Morgan fingerprint density at radius 2 is 2.04 bits per heavy atom. The van der Waals surface area contributed by atoms with Crippen molar-refractivity contribution < 1.29 is 18.0 Å². The average molecular weight is 360 g/mol. The minimum atomic E-state index is -4.53. The van der Waals surface area contributed by atoms with Crippen molar-refractivity contribution in [3.8, 4) is 0 Å². The molecule has 5 nitrogen and oxygen atoms in total. The van der Waals surface area contributed by atoms with Gasteiger partial charge in [-0.25, -0.2) is 0 Å². The van der Waals surface area contributed by atoms with Crippen LogP contribution in [0.1, 0.15) is 42.1 Å². The van der Waals surface area contributed by atoms with Crippen LogP contribution in [0.2, 0.25) is 0 Å². The van der Waals surface area contributed by atoms with Gasteiger partial charge in [0.25, 0.3) is 5.91 Å². The zero-order valence-corrected chi connectivity index (χ0v) is 14.4. The maximum atomic E-state index is 13.0. The van der Waals surface area contributed by atoms with E-state index < -0.39 is 11.9 Å². The highest BCUT2D eigenvalue weighted by Crippen LogP contribution is 2.37. The summed E-state index contributed by atoms with van der Waals surface area (Å²) in [5.41, 5.74) is -0.946. The molecule has 24 heavy (non-hydrogen) atoms. The molecule has 2 N–H and O–H groups in total. The van der Waals surface area contributed by atoms with Crippen LogP contribution in [0.4, 0.5) is 13.2 Å². The summed E-state index contributed by atoms with van der Waals surface area (Å²) in [5.74, 6) is -0.329. The molecule has 1 fully saturated rings. The van der Waals surface area contributed by atoms with Crippen molar-refractivity contribution >= 4 is 27.5 Å². The number of amides is 1. The van der Waals surface area contributed by atoms with Crippen molar-refractivity contribution in [2.75, 3.05) is 0 Å². The first-order valence-electron chi connectivity index (χ1n) is 7.77. The van der Waals surface area contributed by atoms with Gasteiger partial charge in [-0.15, -0.1) is 11.3 Å². The monoisotopic (exact) mass is 360 g/mol. The van der Waals surface area contributed by atoms with Crippen molar-refractivity contribution in [2.24, 2.45) is 7.05 Å². The van der Waals surface area contributed by atoms with E-state index >= 15 is 0 Å². The molecule has 0 bridgehead atoms. The smallest absolute Gasteiger partial charge is 0.347 e. The Morgan fingerprint density at radius 3 is 2.58 bits per heavy atom. The lowest BCUT2D eigenvalue weighted by molar-refractivity contribution is -0.140. The minimum absolute atomic E-state index is 0.0188. The first-order chi connectivity index (χ1) is 11.2. The number of alkyl halides is 3. The van der Waals surface area contributed by atoms with Crippen molar-refractivity contribution in [3.05, 3.63) is 16.6 Å². The largest absolute Gasteiger partial charge is 0.435 e. The first kappa shape index (κ1) is 17.2. The molecule has 0 aliphatic heterocycles. The van der Waals surface area contributed by atoms with E-state index in [0.717, 1.165) is 24.2 Å². The third kappa shape index (κ3) is 3.14. The Balaban J connectivity index is 1.79. The summed E-state index contributed by atoms with van der Waals surface area (Å²) in [6.07, 6.45) is -2.68. The molecule has 132 valence electrons. The highest BCUT2D eigenvalue weighted by Gasteiger charge is 2.38. The first-order valence-corrected chi connectivity index (χ1v) is 8.59. The third-order valence-electron chi connectivity index (χ3n) is 4.14. The van der Waals surface area contributed by atoms with Crippen LogP contribution in [0.3, 0.4) is 0 Å². The topological polar surface area (TPSA) is 58.9 Å². The van der Waals surface area contributed by atoms with Gasteiger partial charge in [0.2, 0.25) is 0 Å². The Hall–Kier alpha value is -1.61. The number of carbonyl (C=O) groups excluding carboxylic acids is 1. The maximum absolute atomic E-state index is 13.0. The van der Waals surface area contributed by atoms with Crippen molar-refractivity contribution in [2.45, 2.75) is 51.0 Å². The number of thiophene rings is 1. The number of halogens is 3. The van der Waals surface area contributed by atoms with Gasteiger partial charge in [-0.2, -0.15) is 18.3 Å². The van der Waals surface area contributed by atoms with Gasteiger partial charge < -0.3 is 10.6 Å². The second-order valence-corrected chi connectivity index (χ2v) is 7.42. The fraction of sp³-hybridized carbons (Fsp3) is 0.600. The lowest BCUT2D eigenvalue weighted by Gasteiger charge is -2.38. The summed E-state index contributed by atoms with van der Waals surface area (Å²) in [6, 6.07) is 1.84. The molecule has 0 unspecified atom stereocenters. The molecule has 1 aliphatic carbocycles. The van der Waals surface area contributed by atoms with E-state index in [-0.39, 0.29) is 28.3 Å². The molecule has 0 saturated heterocycles. The van der Waals surface area contributed by atoms with Crippen LogP contribution in [0.5, 0.6) is 0 Å². The number of aryl methyl sites for hydroxylation is 1.